The Hall–Kier alpha value is -4.38. The zero-order valence-corrected chi connectivity index (χ0v) is 17.5. The lowest BCUT2D eigenvalue weighted by Crippen LogP contribution is -2.26. The van der Waals surface area contributed by atoms with Crippen LogP contribution in [0, 0.1) is 11.3 Å². The summed E-state index contributed by atoms with van der Waals surface area (Å²) in [6, 6.07) is 17.5. The van der Waals surface area contributed by atoms with E-state index >= 15 is 0 Å². The third-order valence-electron chi connectivity index (χ3n) is 4.52. The van der Waals surface area contributed by atoms with Crippen LogP contribution >= 0.6 is 0 Å². The van der Waals surface area contributed by atoms with Crippen molar-refractivity contribution in [2.24, 2.45) is 0 Å². The molecule has 0 spiro atoms. The molecule has 8 heteroatoms. The Bertz CT molecular complexity index is 1130. The number of nitrogens with zero attached hydrogens (tertiary/aromatic N) is 2. The fourth-order valence-electron chi connectivity index (χ4n) is 2.77. The van der Waals surface area contributed by atoms with E-state index in [1.54, 1.807) is 48.8 Å². The number of amides is 2. The lowest BCUT2D eigenvalue weighted by molar-refractivity contribution is -0.122. The molecule has 0 atom stereocenters. The second-order valence-electron chi connectivity index (χ2n) is 6.75. The fraction of sp³-hybridized carbons (Fsp3) is 0.167. The number of carbonyl (C=O) groups excluding carboxylic acids is 2. The molecule has 32 heavy (non-hydrogen) atoms. The number of rotatable bonds is 9. The number of benzene rings is 2. The molecular weight excluding hydrogens is 408 g/mol. The number of hydrogen-bond acceptors (Lipinski definition) is 6. The molecule has 1 aromatic heterocycles. The van der Waals surface area contributed by atoms with Gasteiger partial charge in [-0.1, -0.05) is 12.1 Å². The molecule has 0 radical (unpaired) electrons. The Kier molecular flexibility index (Phi) is 7.76. The predicted molar refractivity (Wildman–Crippen MR) is 117 cm³/mol. The number of aromatic nitrogens is 1. The first kappa shape index (κ1) is 22.3. The number of carbonyl (C=O) groups is 2. The number of nitrogens with one attached hydrogen (secondary N) is 2. The Morgan fingerprint density at radius 3 is 2.62 bits per heavy atom. The van der Waals surface area contributed by atoms with Gasteiger partial charge in [-0.25, -0.2) is 0 Å². The number of hydrogen-bond donors (Lipinski definition) is 2. The van der Waals surface area contributed by atoms with Gasteiger partial charge < -0.3 is 20.1 Å². The summed E-state index contributed by atoms with van der Waals surface area (Å²) in [5.74, 6) is 0.344. The monoisotopic (exact) mass is 430 g/mol. The van der Waals surface area contributed by atoms with Crippen molar-refractivity contribution < 1.29 is 19.1 Å². The molecule has 1 heterocycles. The molecule has 2 amide bonds. The van der Waals surface area contributed by atoms with Gasteiger partial charge in [-0.15, -0.1) is 0 Å². The van der Waals surface area contributed by atoms with Crippen molar-refractivity contribution in [3.05, 3.63) is 89.2 Å². The van der Waals surface area contributed by atoms with Crippen LogP contribution in [0.15, 0.2) is 67.0 Å². The normalized spacial score (nSPS) is 10.0. The summed E-state index contributed by atoms with van der Waals surface area (Å²) in [7, 11) is 1.51. The van der Waals surface area contributed by atoms with Gasteiger partial charge in [-0.05, 0) is 48.0 Å². The largest absolute Gasteiger partial charge is 0.489 e. The summed E-state index contributed by atoms with van der Waals surface area (Å²) >= 11 is 0. The first-order valence-electron chi connectivity index (χ1n) is 9.85. The van der Waals surface area contributed by atoms with Gasteiger partial charge in [0.1, 0.15) is 18.1 Å². The first-order chi connectivity index (χ1) is 15.6. The molecule has 0 aliphatic rings. The Balaban J connectivity index is 1.64. The third kappa shape index (κ3) is 6.31. The highest BCUT2D eigenvalue weighted by Gasteiger charge is 2.11. The number of nitriles is 1. The minimum Gasteiger partial charge on any atom is -0.489 e. The maximum atomic E-state index is 12.7. The van der Waals surface area contributed by atoms with Crippen LogP contribution in [0.5, 0.6) is 11.5 Å². The average molecular weight is 430 g/mol. The van der Waals surface area contributed by atoms with Crippen LogP contribution in [0.25, 0.3) is 0 Å². The lowest BCUT2D eigenvalue weighted by Gasteiger charge is -2.13. The van der Waals surface area contributed by atoms with Gasteiger partial charge in [0.2, 0.25) is 0 Å². The molecular formula is C24H22N4O4. The van der Waals surface area contributed by atoms with E-state index in [4.69, 9.17) is 14.7 Å². The molecule has 0 aliphatic carbocycles. The van der Waals surface area contributed by atoms with E-state index in [0.29, 0.717) is 34.8 Å². The third-order valence-corrected chi connectivity index (χ3v) is 4.52. The first-order valence-corrected chi connectivity index (χ1v) is 9.85. The van der Waals surface area contributed by atoms with E-state index in [-0.39, 0.29) is 25.0 Å². The minimum absolute atomic E-state index is 0.162. The summed E-state index contributed by atoms with van der Waals surface area (Å²) in [6.07, 6.45) is 3.39. The van der Waals surface area contributed by atoms with E-state index in [2.05, 4.69) is 15.6 Å². The van der Waals surface area contributed by atoms with Crippen molar-refractivity contribution in [3.63, 3.8) is 0 Å². The lowest BCUT2D eigenvalue weighted by atomic mass is 10.1. The Labute approximate surface area is 185 Å². The van der Waals surface area contributed by atoms with Crippen molar-refractivity contribution >= 4 is 11.8 Å². The molecule has 0 bridgehead atoms. The van der Waals surface area contributed by atoms with E-state index in [1.165, 1.54) is 13.1 Å². The summed E-state index contributed by atoms with van der Waals surface area (Å²) in [5.41, 5.74) is 2.45. The van der Waals surface area contributed by atoms with Crippen molar-refractivity contribution in [2.45, 2.75) is 13.2 Å². The molecule has 8 nitrogen and oxygen atoms in total. The SMILES string of the molecule is CNC(=O)COc1cc(C#N)ccc1CNC(=O)c1cccc(OCc2ccncc2)c1. The maximum Gasteiger partial charge on any atom is 0.257 e. The van der Waals surface area contributed by atoms with Crippen molar-refractivity contribution in [1.82, 2.24) is 15.6 Å². The van der Waals surface area contributed by atoms with Gasteiger partial charge in [0.25, 0.3) is 11.8 Å². The average Bonchev–Trinajstić information content (AvgIpc) is 2.85. The highest BCUT2D eigenvalue weighted by Crippen LogP contribution is 2.21. The molecule has 0 unspecified atom stereocenters. The minimum atomic E-state index is -0.300. The molecule has 0 saturated carbocycles. The summed E-state index contributed by atoms with van der Waals surface area (Å²) < 4.78 is 11.3. The summed E-state index contributed by atoms with van der Waals surface area (Å²) in [5, 5.41) is 14.4. The zero-order valence-electron chi connectivity index (χ0n) is 17.5. The number of pyridine rings is 1. The number of ether oxygens (including phenoxy) is 2. The van der Waals surface area contributed by atoms with Crippen molar-refractivity contribution in [2.75, 3.05) is 13.7 Å². The summed E-state index contributed by atoms with van der Waals surface area (Å²) in [6.45, 7) is 0.337. The van der Waals surface area contributed by atoms with Crippen molar-refractivity contribution in [1.29, 1.82) is 5.26 Å². The van der Waals surface area contributed by atoms with Gasteiger partial charge in [-0.2, -0.15) is 5.26 Å². The second-order valence-corrected chi connectivity index (χ2v) is 6.75. The van der Waals surface area contributed by atoms with Crippen LogP contribution in [0.1, 0.15) is 27.0 Å². The van der Waals surface area contributed by atoms with Crippen LogP contribution in [-0.4, -0.2) is 30.5 Å². The Morgan fingerprint density at radius 1 is 1.06 bits per heavy atom. The van der Waals surface area contributed by atoms with E-state index in [0.717, 1.165) is 5.56 Å². The topological polar surface area (TPSA) is 113 Å². The van der Waals surface area contributed by atoms with Gasteiger partial charge in [0, 0.05) is 37.1 Å². The van der Waals surface area contributed by atoms with Crippen LogP contribution in [0.3, 0.4) is 0 Å². The van der Waals surface area contributed by atoms with Gasteiger partial charge in [0.15, 0.2) is 6.61 Å². The van der Waals surface area contributed by atoms with Gasteiger partial charge in [-0.3, -0.25) is 14.6 Å². The van der Waals surface area contributed by atoms with E-state index in [1.807, 2.05) is 18.2 Å². The highest BCUT2D eigenvalue weighted by atomic mass is 16.5. The molecule has 3 rings (SSSR count). The van der Waals surface area contributed by atoms with E-state index < -0.39 is 0 Å². The van der Waals surface area contributed by atoms with Crippen LogP contribution < -0.4 is 20.1 Å². The molecule has 0 aliphatic heterocycles. The predicted octanol–water partition coefficient (Wildman–Crippen LogP) is 2.59. The standard InChI is InChI=1S/C24H22N4O4/c1-26-23(29)16-32-22-11-18(13-25)5-6-20(22)14-28-24(30)19-3-2-4-21(12-19)31-15-17-7-9-27-10-8-17/h2-12H,14-16H2,1H3,(H,26,29)(H,28,30). The van der Waals surface area contributed by atoms with Gasteiger partial charge in [0.05, 0.1) is 11.6 Å². The molecule has 2 aromatic carbocycles. The highest BCUT2D eigenvalue weighted by molar-refractivity contribution is 5.94. The van der Waals surface area contributed by atoms with Crippen molar-refractivity contribution in [3.8, 4) is 17.6 Å². The fourth-order valence-corrected chi connectivity index (χ4v) is 2.77. The number of likely N-dealkylation sites (N-methyl/N-ethyl adjacent to an activating group) is 1. The molecule has 0 saturated heterocycles. The molecule has 0 fully saturated rings. The van der Waals surface area contributed by atoms with Crippen LogP contribution in [-0.2, 0) is 17.9 Å². The van der Waals surface area contributed by atoms with Crippen LogP contribution in [0.2, 0.25) is 0 Å². The van der Waals surface area contributed by atoms with Gasteiger partial charge >= 0.3 is 0 Å². The smallest absolute Gasteiger partial charge is 0.257 e. The second kappa shape index (κ2) is 11.1. The molecule has 162 valence electrons. The Morgan fingerprint density at radius 2 is 1.88 bits per heavy atom. The summed E-state index contributed by atoms with van der Waals surface area (Å²) in [4.78, 5) is 28.1. The zero-order chi connectivity index (χ0) is 22.8. The maximum absolute atomic E-state index is 12.7. The quantitative estimate of drug-likeness (QED) is 0.539. The molecule has 2 N–H and O–H groups in total. The van der Waals surface area contributed by atoms with Crippen LogP contribution in [0.4, 0.5) is 0 Å². The molecule has 3 aromatic rings. The van der Waals surface area contributed by atoms with E-state index in [9.17, 15) is 9.59 Å².